The first-order valence-electron chi connectivity index (χ1n) is 9.96. The fraction of sp³-hybridized carbons (Fsp3) is 0.217. The number of aliphatic carboxylic acids is 1. The van der Waals surface area contributed by atoms with Gasteiger partial charge in [-0.3, -0.25) is 4.68 Å². The Morgan fingerprint density at radius 3 is 2.45 bits per heavy atom. The van der Waals surface area contributed by atoms with E-state index in [1.807, 2.05) is 12.1 Å². The van der Waals surface area contributed by atoms with Gasteiger partial charge < -0.3 is 19.1 Å². The number of alkyl halides is 3. The fourth-order valence-corrected chi connectivity index (χ4v) is 3.44. The van der Waals surface area contributed by atoms with E-state index in [0.717, 1.165) is 16.6 Å². The molecule has 172 valence electrons. The van der Waals surface area contributed by atoms with E-state index in [0.29, 0.717) is 17.0 Å². The van der Waals surface area contributed by atoms with Gasteiger partial charge in [0, 0.05) is 24.9 Å². The van der Waals surface area contributed by atoms with Crippen LogP contribution in [0.1, 0.15) is 18.7 Å². The van der Waals surface area contributed by atoms with Crippen molar-refractivity contribution in [3.05, 3.63) is 66.5 Å². The molecular weight excluding hydrogens is 439 g/mol. The van der Waals surface area contributed by atoms with E-state index >= 15 is 0 Å². The molecule has 0 spiro atoms. The second-order valence-electron chi connectivity index (χ2n) is 7.46. The predicted molar refractivity (Wildman–Crippen MR) is 114 cm³/mol. The van der Waals surface area contributed by atoms with Crippen LogP contribution in [0, 0.1) is 0 Å². The lowest BCUT2D eigenvalue weighted by Gasteiger charge is -2.12. The second kappa shape index (κ2) is 8.53. The van der Waals surface area contributed by atoms with Crippen molar-refractivity contribution in [3.63, 3.8) is 0 Å². The maximum absolute atomic E-state index is 12.3. The van der Waals surface area contributed by atoms with Gasteiger partial charge in [0.1, 0.15) is 24.1 Å². The summed E-state index contributed by atoms with van der Waals surface area (Å²) in [6.45, 7) is 1.80. The number of carboxylic acid groups (broad SMARTS) is 1. The summed E-state index contributed by atoms with van der Waals surface area (Å²) in [5.41, 5.74) is 2.70. The number of nitrogens with zero attached hydrogens (tertiary/aromatic N) is 3. The quantitative estimate of drug-likeness (QED) is 0.413. The zero-order valence-electron chi connectivity index (χ0n) is 17.7. The summed E-state index contributed by atoms with van der Waals surface area (Å²) in [7, 11) is 1.74. The maximum atomic E-state index is 12.3. The molecule has 10 heteroatoms. The summed E-state index contributed by atoms with van der Waals surface area (Å²) in [5, 5.41) is 14.6. The number of ether oxygens (including phenoxy) is 2. The number of carboxylic acids is 1. The third kappa shape index (κ3) is 4.94. The van der Waals surface area contributed by atoms with Gasteiger partial charge in [0.05, 0.1) is 16.9 Å². The molecule has 0 saturated heterocycles. The van der Waals surface area contributed by atoms with E-state index in [1.165, 1.54) is 24.3 Å². The van der Waals surface area contributed by atoms with Gasteiger partial charge in [0.15, 0.2) is 0 Å². The standard InChI is InChI=1S/C23H20F3N3O4/c1-14(22(30)31)29-10-9-16-5-8-19(12-21(16)29)32-13-17-11-20(27-28(17)2)15-3-6-18(7-4-15)33-23(24,25)26/h3-12,14H,13H2,1-2H3,(H,30,31). The van der Waals surface area contributed by atoms with Crippen LogP contribution in [-0.4, -0.2) is 31.8 Å². The third-order valence-corrected chi connectivity index (χ3v) is 5.22. The van der Waals surface area contributed by atoms with E-state index in [9.17, 15) is 23.1 Å². The van der Waals surface area contributed by atoms with E-state index in [4.69, 9.17) is 4.74 Å². The van der Waals surface area contributed by atoms with Gasteiger partial charge in [-0.2, -0.15) is 5.10 Å². The van der Waals surface area contributed by atoms with Crippen LogP contribution in [-0.2, 0) is 18.4 Å². The molecule has 2 aromatic carbocycles. The Hall–Kier alpha value is -3.95. The van der Waals surface area contributed by atoms with Crippen molar-refractivity contribution >= 4 is 16.9 Å². The van der Waals surface area contributed by atoms with Crippen molar-refractivity contribution in [1.82, 2.24) is 14.3 Å². The Kier molecular flexibility index (Phi) is 5.75. The number of benzene rings is 2. The lowest BCUT2D eigenvalue weighted by atomic mass is 10.1. The van der Waals surface area contributed by atoms with Gasteiger partial charge >= 0.3 is 12.3 Å². The molecule has 0 bridgehead atoms. The summed E-state index contributed by atoms with van der Waals surface area (Å²) in [6, 6.07) is 13.8. The number of halogens is 3. The van der Waals surface area contributed by atoms with Gasteiger partial charge in [0.25, 0.3) is 0 Å². The van der Waals surface area contributed by atoms with Crippen LogP contribution >= 0.6 is 0 Å². The lowest BCUT2D eigenvalue weighted by molar-refractivity contribution is -0.274. The van der Waals surface area contributed by atoms with Crippen LogP contribution in [0.3, 0.4) is 0 Å². The number of aryl methyl sites for hydroxylation is 1. The highest BCUT2D eigenvalue weighted by atomic mass is 19.4. The molecular formula is C23H20F3N3O4. The molecule has 0 aliphatic heterocycles. The molecule has 4 rings (SSSR count). The first kappa shape index (κ1) is 22.3. The third-order valence-electron chi connectivity index (χ3n) is 5.22. The van der Waals surface area contributed by atoms with Crippen molar-refractivity contribution in [2.45, 2.75) is 25.9 Å². The summed E-state index contributed by atoms with van der Waals surface area (Å²) in [6.07, 6.45) is -3.01. The molecule has 0 aliphatic carbocycles. The van der Waals surface area contributed by atoms with Crippen molar-refractivity contribution in [1.29, 1.82) is 0 Å². The van der Waals surface area contributed by atoms with Gasteiger partial charge in [-0.05, 0) is 60.8 Å². The molecule has 0 radical (unpaired) electrons. The Labute approximate surface area is 186 Å². The molecule has 33 heavy (non-hydrogen) atoms. The number of carbonyl (C=O) groups is 1. The highest BCUT2D eigenvalue weighted by Gasteiger charge is 2.31. The molecule has 2 heterocycles. The van der Waals surface area contributed by atoms with Gasteiger partial charge in [-0.15, -0.1) is 13.2 Å². The van der Waals surface area contributed by atoms with Crippen LogP contribution in [0.4, 0.5) is 13.2 Å². The summed E-state index contributed by atoms with van der Waals surface area (Å²) in [5.74, 6) is -0.668. The lowest BCUT2D eigenvalue weighted by Crippen LogP contribution is -2.16. The zero-order chi connectivity index (χ0) is 23.8. The molecule has 4 aromatic rings. The minimum Gasteiger partial charge on any atom is -0.487 e. The molecule has 7 nitrogen and oxygen atoms in total. The second-order valence-corrected chi connectivity index (χ2v) is 7.46. The molecule has 1 unspecified atom stereocenters. The molecule has 0 amide bonds. The fourth-order valence-electron chi connectivity index (χ4n) is 3.44. The number of hydrogen-bond acceptors (Lipinski definition) is 4. The minimum absolute atomic E-state index is 0.194. The van der Waals surface area contributed by atoms with E-state index in [2.05, 4.69) is 9.84 Å². The van der Waals surface area contributed by atoms with Crippen LogP contribution in [0.5, 0.6) is 11.5 Å². The van der Waals surface area contributed by atoms with Crippen molar-refractivity contribution < 1.29 is 32.5 Å². The highest BCUT2D eigenvalue weighted by Crippen LogP contribution is 2.28. The topological polar surface area (TPSA) is 78.5 Å². The van der Waals surface area contributed by atoms with Crippen molar-refractivity contribution in [2.75, 3.05) is 0 Å². The molecule has 0 aliphatic rings. The highest BCUT2D eigenvalue weighted by molar-refractivity contribution is 5.84. The normalized spacial score (nSPS) is 12.6. The number of hydrogen-bond donors (Lipinski definition) is 1. The summed E-state index contributed by atoms with van der Waals surface area (Å²) >= 11 is 0. The van der Waals surface area contributed by atoms with Crippen molar-refractivity contribution in [2.24, 2.45) is 7.05 Å². The van der Waals surface area contributed by atoms with Crippen molar-refractivity contribution in [3.8, 4) is 22.8 Å². The maximum Gasteiger partial charge on any atom is 0.573 e. The molecule has 0 fully saturated rings. The minimum atomic E-state index is -4.74. The Bertz CT molecular complexity index is 1290. The van der Waals surface area contributed by atoms with Gasteiger partial charge in [-0.25, -0.2) is 4.79 Å². The number of fused-ring (bicyclic) bond motifs is 1. The summed E-state index contributed by atoms with van der Waals surface area (Å²) < 4.78 is 50.1. The Balaban J connectivity index is 1.49. The van der Waals surface area contributed by atoms with Gasteiger partial charge in [0.2, 0.25) is 0 Å². The molecule has 0 saturated carbocycles. The summed E-state index contributed by atoms with van der Waals surface area (Å²) in [4.78, 5) is 11.4. The smallest absolute Gasteiger partial charge is 0.487 e. The first-order valence-corrected chi connectivity index (χ1v) is 9.96. The molecule has 2 aromatic heterocycles. The zero-order valence-corrected chi connectivity index (χ0v) is 17.7. The van der Waals surface area contributed by atoms with Crippen LogP contribution < -0.4 is 9.47 Å². The first-order chi connectivity index (χ1) is 15.6. The van der Waals surface area contributed by atoms with E-state index < -0.39 is 18.4 Å². The van der Waals surface area contributed by atoms with Crippen LogP contribution in [0.25, 0.3) is 22.2 Å². The Morgan fingerprint density at radius 2 is 1.79 bits per heavy atom. The number of rotatable bonds is 7. The Morgan fingerprint density at radius 1 is 1.09 bits per heavy atom. The van der Waals surface area contributed by atoms with Crippen LogP contribution in [0.2, 0.25) is 0 Å². The predicted octanol–water partition coefficient (Wildman–Crippen LogP) is 5.17. The van der Waals surface area contributed by atoms with Crippen LogP contribution in [0.15, 0.2) is 60.8 Å². The molecule has 1 N–H and O–H groups in total. The average molecular weight is 459 g/mol. The van der Waals surface area contributed by atoms with Gasteiger partial charge in [-0.1, -0.05) is 0 Å². The SMILES string of the molecule is CC(C(=O)O)n1ccc2ccc(OCc3cc(-c4ccc(OC(F)(F)F)cc4)nn3C)cc21. The van der Waals surface area contributed by atoms with E-state index in [1.54, 1.807) is 47.6 Å². The largest absolute Gasteiger partial charge is 0.573 e. The van der Waals surface area contributed by atoms with E-state index in [-0.39, 0.29) is 12.4 Å². The average Bonchev–Trinajstić information content (AvgIpc) is 3.34. The monoisotopic (exact) mass is 459 g/mol. The molecule has 1 atom stereocenters. The number of aromatic nitrogens is 3.